The van der Waals surface area contributed by atoms with Gasteiger partial charge in [-0.3, -0.25) is 19.2 Å². The summed E-state index contributed by atoms with van der Waals surface area (Å²) in [5.74, 6) is -1.74. The van der Waals surface area contributed by atoms with Crippen molar-refractivity contribution in [2.24, 2.45) is 0 Å². The van der Waals surface area contributed by atoms with E-state index >= 15 is 0 Å². The zero-order valence-corrected chi connectivity index (χ0v) is 10.6. The zero-order chi connectivity index (χ0) is 13.8. The predicted molar refractivity (Wildman–Crippen MR) is 62.1 cm³/mol. The van der Waals surface area contributed by atoms with Crippen molar-refractivity contribution in [2.75, 3.05) is 0 Å². The van der Waals surface area contributed by atoms with Gasteiger partial charge >= 0.3 is 11.9 Å². The van der Waals surface area contributed by atoms with E-state index in [4.69, 9.17) is 9.47 Å². The van der Waals surface area contributed by atoms with Gasteiger partial charge in [0.2, 0.25) is 0 Å². The van der Waals surface area contributed by atoms with Crippen LogP contribution in [0.2, 0.25) is 0 Å². The topological polar surface area (TPSA) is 86.7 Å². The van der Waals surface area contributed by atoms with Crippen molar-refractivity contribution in [3.63, 3.8) is 0 Å². The van der Waals surface area contributed by atoms with Gasteiger partial charge in [0.25, 0.3) is 0 Å². The molecule has 0 aromatic rings. The Kier molecular flexibility index (Phi) is 4.29. The molecule has 2 rings (SSSR count). The molecule has 19 heavy (non-hydrogen) atoms. The monoisotopic (exact) mass is 268 g/mol. The molecule has 0 radical (unpaired) electrons. The van der Waals surface area contributed by atoms with E-state index in [-0.39, 0.29) is 11.6 Å². The molecular formula is C13H16O6. The summed E-state index contributed by atoms with van der Waals surface area (Å²) in [7, 11) is 0. The third-order valence-corrected chi connectivity index (χ3v) is 3.33. The molecule has 2 saturated carbocycles. The molecule has 2 aliphatic carbocycles. The number of ether oxygens (including phenoxy) is 2. The van der Waals surface area contributed by atoms with Crippen molar-refractivity contribution in [3.8, 4) is 0 Å². The van der Waals surface area contributed by atoms with E-state index in [0.29, 0.717) is 38.5 Å². The number of hydrogen-bond acceptors (Lipinski definition) is 6. The molecule has 0 N–H and O–H groups in total. The fraction of sp³-hybridized carbons (Fsp3) is 0.692. The van der Waals surface area contributed by atoms with Gasteiger partial charge in [-0.15, -0.1) is 0 Å². The lowest BCUT2D eigenvalue weighted by atomic mass is 10.3. The van der Waals surface area contributed by atoms with Crippen LogP contribution in [-0.4, -0.2) is 35.7 Å². The molecule has 104 valence electrons. The van der Waals surface area contributed by atoms with Gasteiger partial charge in [-0.1, -0.05) is 0 Å². The first-order valence-corrected chi connectivity index (χ1v) is 6.50. The summed E-state index contributed by atoms with van der Waals surface area (Å²) in [4.78, 5) is 45.5. The highest BCUT2D eigenvalue weighted by molar-refractivity contribution is 5.95. The van der Waals surface area contributed by atoms with Crippen LogP contribution in [-0.2, 0) is 28.7 Å². The molecule has 0 saturated heterocycles. The number of ketones is 2. The van der Waals surface area contributed by atoms with Gasteiger partial charge in [-0.2, -0.15) is 0 Å². The molecule has 2 aliphatic rings. The molecule has 0 aliphatic heterocycles. The maximum absolute atomic E-state index is 11.5. The fourth-order valence-electron chi connectivity index (χ4n) is 2.34. The minimum absolute atomic E-state index is 0.104. The van der Waals surface area contributed by atoms with Crippen molar-refractivity contribution in [3.05, 3.63) is 0 Å². The highest BCUT2D eigenvalue weighted by atomic mass is 16.6. The normalized spacial score (nSPS) is 26.5. The first kappa shape index (κ1) is 13.7. The summed E-state index contributed by atoms with van der Waals surface area (Å²) in [6, 6.07) is 0. The molecule has 0 bridgehead atoms. The summed E-state index contributed by atoms with van der Waals surface area (Å²) in [6.07, 6.45) is 1.30. The van der Waals surface area contributed by atoms with E-state index in [2.05, 4.69) is 0 Å². The van der Waals surface area contributed by atoms with Crippen LogP contribution in [0.4, 0.5) is 0 Å². The first-order chi connectivity index (χ1) is 9.06. The third kappa shape index (κ3) is 3.62. The van der Waals surface area contributed by atoms with Gasteiger partial charge in [-0.25, -0.2) is 0 Å². The molecule has 0 heterocycles. The Hall–Kier alpha value is -1.72. The van der Waals surface area contributed by atoms with Crippen molar-refractivity contribution < 1.29 is 28.7 Å². The van der Waals surface area contributed by atoms with E-state index in [1.165, 1.54) is 0 Å². The van der Waals surface area contributed by atoms with Crippen molar-refractivity contribution in [1.82, 2.24) is 0 Å². The number of carbonyl (C=O) groups is 4. The van der Waals surface area contributed by atoms with Gasteiger partial charge in [0.15, 0.2) is 23.8 Å². The molecule has 2 fully saturated rings. The van der Waals surface area contributed by atoms with Crippen LogP contribution >= 0.6 is 0 Å². The Bertz CT molecular complexity index is 375. The molecule has 0 aromatic carbocycles. The Labute approximate surface area is 110 Å². The first-order valence-electron chi connectivity index (χ1n) is 6.50. The molecule has 0 unspecified atom stereocenters. The highest BCUT2D eigenvalue weighted by Gasteiger charge is 2.31. The Morgan fingerprint density at radius 1 is 0.895 bits per heavy atom. The highest BCUT2D eigenvalue weighted by Crippen LogP contribution is 2.20. The van der Waals surface area contributed by atoms with Crippen LogP contribution in [0.15, 0.2) is 0 Å². The van der Waals surface area contributed by atoms with Gasteiger partial charge in [0.1, 0.15) is 6.42 Å². The summed E-state index contributed by atoms with van der Waals surface area (Å²) in [6.45, 7) is 0. The lowest BCUT2D eigenvalue weighted by Crippen LogP contribution is -2.27. The molecule has 0 spiro atoms. The SMILES string of the molecule is O=C(CC(=O)O[C@H]1CCCC1=O)O[C@H]1CCCC1=O. The van der Waals surface area contributed by atoms with Crippen LogP contribution in [0.1, 0.15) is 44.9 Å². The second-order valence-corrected chi connectivity index (χ2v) is 4.85. The van der Waals surface area contributed by atoms with Crippen molar-refractivity contribution in [1.29, 1.82) is 0 Å². The van der Waals surface area contributed by atoms with Gasteiger partial charge in [0, 0.05) is 12.8 Å². The van der Waals surface area contributed by atoms with E-state index in [1.807, 2.05) is 0 Å². The number of rotatable bonds is 4. The second-order valence-electron chi connectivity index (χ2n) is 4.85. The van der Waals surface area contributed by atoms with E-state index in [0.717, 1.165) is 0 Å². The Morgan fingerprint density at radius 2 is 1.32 bits per heavy atom. The Morgan fingerprint density at radius 3 is 1.63 bits per heavy atom. The smallest absolute Gasteiger partial charge is 0.317 e. The van der Waals surface area contributed by atoms with Crippen LogP contribution in [0, 0.1) is 0 Å². The molecule has 6 heteroatoms. The number of carbonyl (C=O) groups excluding carboxylic acids is 4. The summed E-state index contributed by atoms with van der Waals surface area (Å²) >= 11 is 0. The second kappa shape index (κ2) is 5.95. The molecule has 0 amide bonds. The molecule has 0 aromatic heterocycles. The van der Waals surface area contributed by atoms with Gasteiger partial charge in [0.05, 0.1) is 0 Å². The zero-order valence-electron chi connectivity index (χ0n) is 10.6. The number of Topliss-reactive ketones (excluding diaryl/α,β-unsaturated/α-hetero) is 2. The largest absolute Gasteiger partial charge is 0.454 e. The predicted octanol–water partition coefficient (Wildman–Crippen LogP) is 0.706. The minimum Gasteiger partial charge on any atom is -0.454 e. The summed E-state index contributed by atoms with van der Waals surface area (Å²) in [5.41, 5.74) is 0. The quantitative estimate of drug-likeness (QED) is 0.551. The summed E-state index contributed by atoms with van der Waals surface area (Å²) in [5, 5.41) is 0. The maximum Gasteiger partial charge on any atom is 0.317 e. The standard InChI is InChI=1S/C13H16O6/c14-8-3-1-5-10(8)18-12(16)7-13(17)19-11-6-2-4-9(11)15/h10-11H,1-7H2/t10-,11-/m0/s1. The Balaban J connectivity index is 1.74. The summed E-state index contributed by atoms with van der Waals surface area (Å²) < 4.78 is 9.82. The fourth-order valence-corrected chi connectivity index (χ4v) is 2.34. The van der Waals surface area contributed by atoms with Crippen LogP contribution in [0.5, 0.6) is 0 Å². The van der Waals surface area contributed by atoms with E-state index in [9.17, 15) is 19.2 Å². The lowest BCUT2D eigenvalue weighted by Gasteiger charge is -2.12. The van der Waals surface area contributed by atoms with Crippen LogP contribution in [0.3, 0.4) is 0 Å². The van der Waals surface area contributed by atoms with Crippen LogP contribution < -0.4 is 0 Å². The molecular weight excluding hydrogens is 252 g/mol. The van der Waals surface area contributed by atoms with E-state index < -0.39 is 30.6 Å². The lowest BCUT2D eigenvalue weighted by molar-refractivity contribution is -0.163. The minimum atomic E-state index is -0.768. The molecule has 2 atom stereocenters. The average molecular weight is 268 g/mol. The number of hydrogen-bond donors (Lipinski definition) is 0. The van der Waals surface area contributed by atoms with E-state index in [1.54, 1.807) is 0 Å². The van der Waals surface area contributed by atoms with Gasteiger partial charge in [-0.05, 0) is 25.7 Å². The maximum atomic E-state index is 11.5. The van der Waals surface area contributed by atoms with Crippen molar-refractivity contribution in [2.45, 2.75) is 57.2 Å². The average Bonchev–Trinajstić information content (AvgIpc) is 2.90. The van der Waals surface area contributed by atoms with Gasteiger partial charge < -0.3 is 9.47 Å². The molecule has 6 nitrogen and oxygen atoms in total. The number of esters is 2. The van der Waals surface area contributed by atoms with Crippen LogP contribution in [0.25, 0.3) is 0 Å². The third-order valence-electron chi connectivity index (χ3n) is 3.33. The van der Waals surface area contributed by atoms with Crippen molar-refractivity contribution >= 4 is 23.5 Å².